The molecule has 0 saturated heterocycles. The number of para-hydroxylation sites is 1. The lowest BCUT2D eigenvalue weighted by Gasteiger charge is -2.06. The van der Waals surface area contributed by atoms with Gasteiger partial charge in [-0.25, -0.2) is 4.79 Å². The zero-order valence-electron chi connectivity index (χ0n) is 10.9. The molecular formula is C14H10ClNO4S. The minimum Gasteiger partial charge on any atom is -0.478 e. The highest BCUT2D eigenvalue weighted by molar-refractivity contribution is 7.99. The maximum atomic E-state index is 11.1. The minimum absolute atomic E-state index is 0.0225. The van der Waals surface area contributed by atoms with E-state index in [4.69, 9.17) is 16.7 Å². The van der Waals surface area contributed by atoms with Gasteiger partial charge in [0.1, 0.15) is 0 Å². The Morgan fingerprint density at radius 2 is 2.05 bits per heavy atom. The number of hydrogen-bond acceptors (Lipinski definition) is 4. The van der Waals surface area contributed by atoms with Crippen LogP contribution in [0.1, 0.15) is 15.9 Å². The van der Waals surface area contributed by atoms with Crippen molar-refractivity contribution in [2.45, 2.75) is 16.7 Å². The summed E-state index contributed by atoms with van der Waals surface area (Å²) in [6.07, 6.45) is 0. The van der Waals surface area contributed by atoms with Gasteiger partial charge in [-0.1, -0.05) is 35.5 Å². The van der Waals surface area contributed by atoms with Gasteiger partial charge < -0.3 is 5.11 Å². The van der Waals surface area contributed by atoms with E-state index in [2.05, 4.69) is 0 Å². The Bertz CT molecular complexity index is 733. The fourth-order valence-electron chi connectivity index (χ4n) is 1.81. The molecule has 2 aromatic carbocycles. The first-order valence-corrected chi connectivity index (χ1v) is 7.04. The van der Waals surface area contributed by atoms with E-state index in [-0.39, 0.29) is 16.3 Å². The van der Waals surface area contributed by atoms with Gasteiger partial charge in [0.2, 0.25) is 0 Å². The molecule has 0 spiro atoms. The predicted octanol–water partition coefficient (Wildman–Crippen LogP) is 4.41. The first kappa shape index (κ1) is 15.3. The minimum atomic E-state index is -1.14. The average molecular weight is 324 g/mol. The maximum absolute atomic E-state index is 11.1. The van der Waals surface area contributed by atoms with Crippen molar-refractivity contribution in [3.05, 3.63) is 62.7 Å². The number of aromatic carboxylic acids is 1. The van der Waals surface area contributed by atoms with Gasteiger partial charge in [-0.3, -0.25) is 10.1 Å². The monoisotopic (exact) mass is 323 g/mol. The van der Waals surface area contributed by atoms with Crippen LogP contribution < -0.4 is 0 Å². The fourth-order valence-corrected chi connectivity index (χ4v) is 3.05. The highest BCUT2D eigenvalue weighted by atomic mass is 35.5. The molecule has 0 heterocycles. The normalized spacial score (nSPS) is 10.4. The summed E-state index contributed by atoms with van der Waals surface area (Å²) in [7, 11) is 0. The fraction of sp³-hybridized carbons (Fsp3) is 0.0714. The molecule has 0 aliphatic heterocycles. The zero-order valence-corrected chi connectivity index (χ0v) is 12.4. The summed E-state index contributed by atoms with van der Waals surface area (Å²) >= 11 is 6.94. The summed E-state index contributed by atoms with van der Waals surface area (Å²) in [5.74, 6) is -1.14. The van der Waals surface area contributed by atoms with Crippen molar-refractivity contribution < 1.29 is 14.8 Å². The second kappa shape index (κ2) is 6.15. The molecule has 0 bridgehead atoms. The number of aryl methyl sites for hydroxylation is 1. The standard InChI is InChI=1S/C14H10ClNO4S/c1-8-3-2-4-12(13(8)16(19)20)21-9-5-6-11(15)10(7-9)14(17)18/h2-7H,1H3,(H,17,18). The topological polar surface area (TPSA) is 80.4 Å². The lowest BCUT2D eigenvalue weighted by atomic mass is 10.2. The number of carboxylic acid groups (broad SMARTS) is 1. The lowest BCUT2D eigenvalue weighted by Crippen LogP contribution is -1.98. The van der Waals surface area contributed by atoms with Crippen LogP contribution in [-0.2, 0) is 0 Å². The third kappa shape index (κ3) is 3.34. The average Bonchev–Trinajstić information content (AvgIpc) is 2.40. The van der Waals surface area contributed by atoms with Gasteiger partial charge in [0.05, 0.1) is 20.4 Å². The number of halogens is 1. The van der Waals surface area contributed by atoms with Crippen LogP contribution in [0.15, 0.2) is 46.2 Å². The van der Waals surface area contributed by atoms with Crippen LogP contribution in [0.5, 0.6) is 0 Å². The third-order valence-corrected chi connectivity index (χ3v) is 4.15. The van der Waals surface area contributed by atoms with Crippen LogP contribution in [0, 0.1) is 17.0 Å². The Kier molecular flexibility index (Phi) is 4.50. The molecule has 1 N–H and O–H groups in total. The van der Waals surface area contributed by atoms with Gasteiger partial charge in [0, 0.05) is 10.5 Å². The quantitative estimate of drug-likeness (QED) is 0.666. The van der Waals surface area contributed by atoms with E-state index < -0.39 is 10.9 Å². The summed E-state index contributed by atoms with van der Waals surface area (Å²) < 4.78 is 0. The number of nitro groups is 1. The number of nitro benzene ring substituents is 1. The number of carbonyl (C=O) groups is 1. The number of rotatable bonds is 4. The molecule has 0 unspecified atom stereocenters. The molecular weight excluding hydrogens is 314 g/mol. The molecule has 21 heavy (non-hydrogen) atoms. The van der Waals surface area contributed by atoms with Gasteiger partial charge in [-0.15, -0.1) is 0 Å². The van der Waals surface area contributed by atoms with E-state index in [1.807, 2.05) is 0 Å². The Balaban J connectivity index is 2.44. The molecule has 108 valence electrons. The van der Waals surface area contributed by atoms with Crippen molar-refractivity contribution in [3.63, 3.8) is 0 Å². The van der Waals surface area contributed by atoms with E-state index in [0.717, 1.165) is 11.8 Å². The molecule has 0 fully saturated rings. The Morgan fingerprint density at radius 1 is 1.33 bits per heavy atom. The molecule has 0 atom stereocenters. The maximum Gasteiger partial charge on any atom is 0.337 e. The predicted molar refractivity (Wildman–Crippen MR) is 80.4 cm³/mol. The number of benzene rings is 2. The molecule has 0 aliphatic rings. The zero-order chi connectivity index (χ0) is 15.6. The van der Waals surface area contributed by atoms with Crippen molar-refractivity contribution in [2.24, 2.45) is 0 Å². The van der Waals surface area contributed by atoms with Crippen LogP contribution in [0.2, 0.25) is 5.02 Å². The molecule has 0 amide bonds. The van der Waals surface area contributed by atoms with Crippen molar-refractivity contribution in [3.8, 4) is 0 Å². The highest BCUT2D eigenvalue weighted by Gasteiger charge is 2.18. The SMILES string of the molecule is Cc1cccc(Sc2ccc(Cl)c(C(=O)O)c2)c1[N+](=O)[O-]. The number of carboxylic acids is 1. The molecule has 0 radical (unpaired) electrons. The summed E-state index contributed by atoms with van der Waals surface area (Å²) in [6.45, 7) is 1.66. The van der Waals surface area contributed by atoms with Crippen molar-refractivity contribution in [1.82, 2.24) is 0 Å². The Morgan fingerprint density at radius 3 is 2.67 bits per heavy atom. The summed E-state index contributed by atoms with van der Waals surface area (Å²) in [5.41, 5.74) is 0.545. The van der Waals surface area contributed by atoms with Gasteiger partial charge in [-0.2, -0.15) is 0 Å². The van der Waals surface area contributed by atoms with Gasteiger partial charge in [0.25, 0.3) is 5.69 Å². The molecule has 0 saturated carbocycles. The summed E-state index contributed by atoms with van der Waals surface area (Å²) in [4.78, 5) is 22.8. The van der Waals surface area contributed by atoms with Gasteiger partial charge >= 0.3 is 5.97 Å². The van der Waals surface area contributed by atoms with Crippen LogP contribution in [0.3, 0.4) is 0 Å². The van der Waals surface area contributed by atoms with Crippen LogP contribution in [-0.4, -0.2) is 16.0 Å². The van der Waals surface area contributed by atoms with Crippen LogP contribution >= 0.6 is 23.4 Å². The summed E-state index contributed by atoms with van der Waals surface area (Å²) in [6, 6.07) is 9.51. The smallest absolute Gasteiger partial charge is 0.337 e. The molecule has 2 rings (SSSR count). The first-order chi connectivity index (χ1) is 9.90. The third-order valence-electron chi connectivity index (χ3n) is 2.78. The van der Waals surface area contributed by atoms with Crippen LogP contribution in [0.25, 0.3) is 0 Å². The largest absolute Gasteiger partial charge is 0.478 e. The molecule has 2 aromatic rings. The second-order valence-corrected chi connectivity index (χ2v) is 5.75. The number of nitrogens with zero attached hydrogens (tertiary/aromatic N) is 1. The first-order valence-electron chi connectivity index (χ1n) is 5.85. The highest BCUT2D eigenvalue weighted by Crippen LogP contribution is 2.37. The lowest BCUT2D eigenvalue weighted by molar-refractivity contribution is -0.388. The summed E-state index contributed by atoms with van der Waals surface area (Å²) in [5, 5.41) is 20.3. The molecule has 7 heteroatoms. The molecule has 5 nitrogen and oxygen atoms in total. The van der Waals surface area contributed by atoms with Gasteiger partial charge in [-0.05, 0) is 31.2 Å². The van der Waals surface area contributed by atoms with E-state index in [1.54, 1.807) is 31.2 Å². The van der Waals surface area contributed by atoms with E-state index in [0.29, 0.717) is 15.4 Å². The number of hydrogen-bond donors (Lipinski definition) is 1. The molecule has 0 aliphatic carbocycles. The van der Waals surface area contributed by atoms with E-state index >= 15 is 0 Å². The van der Waals surface area contributed by atoms with Crippen LogP contribution in [0.4, 0.5) is 5.69 Å². The molecule has 0 aromatic heterocycles. The second-order valence-electron chi connectivity index (χ2n) is 4.23. The van der Waals surface area contributed by atoms with Crippen molar-refractivity contribution >= 4 is 35.0 Å². The van der Waals surface area contributed by atoms with Crippen molar-refractivity contribution in [1.29, 1.82) is 0 Å². The Labute approximate surface area is 129 Å². The Hall–Kier alpha value is -2.05. The van der Waals surface area contributed by atoms with E-state index in [9.17, 15) is 14.9 Å². The van der Waals surface area contributed by atoms with Crippen molar-refractivity contribution in [2.75, 3.05) is 0 Å². The van der Waals surface area contributed by atoms with Gasteiger partial charge in [0.15, 0.2) is 0 Å². The van der Waals surface area contributed by atoms with E-state index in [1.165, 1.54) is 12.1 Å².